The van der Waals surface area contributed by atoms with Crippen LogP contribution in [0.15, 0.2) is 12.2 Å². The number of unbranched alkanes of at least 4 members (excludes halogenated alkanes) is 11. The van der Waals surface area contributed by atoms with Gasteiger partial charge in [-0.05, 0) is 143 Å². The lowest BCUT2D eigenvalue weighted by Crippen LogP contribution is -2.55. The highest BCUT2D eigenvalue weighted by Crippen LogP contribution is 2.68. The lowest BCUT2D eigenvalue weighted by atomic mass is 9.44. The van der Waals surface area contributed by atoms with E-state index in [1.165, 1.54) is 116 Å². The van der Waals surface area contributed by atoms with Crippen LogP contribution in [-0.4, -0.2) is 58.0 Å². The molecule has 0 aromatic heterocycles. The minimum absolute atomic E-state index is 0.194. The summed E-state index contributed by atoms with van der Waals surface area (Å²) in [5, 5.41) is 21.8. The van der Waals surface area contributed by atoms with Crippen molar-refractivity contribution in [3.05, 3.63) is 12.2 Å². The largest absolute Gasteiger partial charge is 0.480 e. The molecule has 4 unspecified atom stereocenters. The van der Waals surface area contributed by atoms with Crippen LogP contribution < -0.4 is 5.32 Å². The average Bonchev–Trinajstić information content (AvgIpc) is 3.49. The van der Waals surface area contributed by atoms with E-state index in [1.807, 2.05) is 0 Å². The van der Waals surface area contributed by atoms with Crippen molar-refractivity contribution in [1.82, 2.24) is 10.2 Å². The predicted molar refractivity (Wildman–Crippen MR) is 217 cm³/mol. The quantitative estimate of drug-likeness (QED) is 0.0666. The van der Waals surface area contributed by atoms with Crippen LogP contribution in [0.1, 0.15) is 188 Å². The van der Waals surface area contributed by atoms with Crippen molar-refractivity contribution < 1.29 is 29.4 Å². The maximum atomic E-state index is 13.0. The summed E-state index contributed by atoms with van der Waals surface area (Å²) in [6, 6.07) is 0.324. The van der Waals surface area contributed by atoms with Gasteiger partial charge in [-0.3, -0.25) is 19.2 Å². The third kappa shape index (κ3) is 12.3. The summed E-state index contributed by atoms with van der Waals surface area (Å²) in [5.74, 6) is 1.24. The van der Waals surface area contributed by atoms with Crippen LogP contribution in [0, 0.1) is 46.3 Å². The highest BCUT2D eigenvalue weighted by molar-refractivity contribution is 5.85. The molecular formula is C46H78N2O6. The summed E-state index contributed by atoms with van der Waals surface area (Å²) in [7, 11) is 0. The number of hydrogen-bond acceptors (Lipinski definition) is 4. The molecule has 308 valence electrons. The number of nitrogens with one attached hydrogen (secondary N) is 1. The summed E-state index contributed by atoms with van der Waals surface area (Å²) >= 11 is 0. The molecular weight excluding hydrogens is 677 g/mol. The molecule has 4 aliphatic carbocycles. The second-order valence-corrected chi connectivity index (χ2v) is 18.8. The highest BCUT2D eigenvalue weighted by Gasteiger charge is 2.60. The van der Waals surface area contributed by atoms with Gasteiger partial charge in [0, 0.05) is 18.9 Å². The monoisotopic (exact) mass is 755 g/mol. The zero-order valence-corrected chi connectivity index (χ0v) is 34.8. The Labute approximate surface area is 328 Å². The van der Waals surface area contributed by atoms with Crippen LogP contribution in [0.3, 0.4) is 0 Å². The second kappa shape index (κ2) is 21.8. The van der Waals surface area contributed by atoms with Gasteiger partial charge in [0.05, 0.1) is 0 Å². The third-order valence-electron chi connectivity index (χ3n) is 15.3. The molecule has 0 aromatic carbocycles. The first-order chi connectivity index (χ1) is 25.9. The van der Waals surface area contributed by atoms with Gasteiger partial charge in [-0.25, -0.2) is 0 Å². The van der Waals surface area contributed by atoms with E-state index in [4.69, 9.17) is 0 Å². The van der Waals surface area contributed by atoms with Crippen molar-refractivity contribution in [2.45, 2.75) is 194 Å². The average molecular weight is 755 g/mol. The maximum Gasteiger partial charge on any atom is 0.323 e. The summed E-state index contributed by atoms with van der Waals surface area (Å²) < 4.78 is 0. The number of amides is 2. The van der Waals surface area contributed by atoms with Gasteiger partial charge < -0.3 is 20.4 Å². The van der Waals surface area contributed by atoms with Crippen LogP contribution in [0.25, 0.3) is 0 Å². The van der Waals surface area contributed by atoms with E-state index in [0.29, 0.717) is 48.0 Å². The van der Waals surface area contributed by atoms with Gasteiger partial charge in [-0.15, -0.1) is 0 Å². The zero-order chi connectivity index (χ0) is 39.1. The third-order valence-corrected chi connectivity index (χ3v) is 15.3. The molecule has 4 rings (SSSR count). The fourth-order valence-electron chi connectivity index (χ4n) is 12.3. The van der Waals surface area contributed by atoms with Gasteiger partial charge >= 0.3 is 11.9 Å². The molecule has 0 heterocycles. The molecule has 54 heavy (non-hydrogen) atoms. The first kappa shape index (κ1) is 44.3. The van der Waals surface area contributed by atoms with E-state index in [0.717, 1.165) is 42.4 Å². The van der Waals surface area contributed by atoms with Crippen molar-refractivity contribution in [2.24, 2.45) is 46.3 Å². The lowest BCUT2D eigenvalue weighted by Gasteiger charge is -2.61. The number of aliphatic carboxylic acids is 2. The van der Waals surface area contributed by atoms with Gasteiger partial charge in [-0.1, -0.05) is 91.2 Å². The van der Waals surface area contributed by atoms with E-state index in [-0.39, 0.29) is 23.7 Å². The first-order valence-electron chi connectivity index (χ1n) is 22.5. The molecule has 0 bridgehead atoms. The summed E-state index contributed by atoms with van der Waals surface area (Å²) in [6.45, 7) is 8.48. The van der Waals surface area contributed by atoms with Crippen LogP contribution in [0.5, 0.6) is 0 Å². The Bertz CT molecular complexity index is 1220. The van der Waals surface area contributed by atoms with E-state index in [2.05, 4.69) is 45.2 Å². The molecule has 8 heteroatoms. The number of rotatable bonds is 24. The molecule has 3 N–H and O–H groups in total. The Balaban J connectivity index is 1.14. The van der Waals surface area contributed by atoms with Crippen molar-refractivity contribution in [3.8, 4) is 0 Å². The molecule has 4 aliphatic rings. The molecule has 4 fully saturated rings. The van der Waals surface area contributed by atoms with Crippen molar-refractivity contribution in [2.75, 3.05) is 13.1 Å². The number of carboxylic acid groups (broad SMARTS) is 2. The fourth-order valence-corrected chi connectivity index (χ4v) is 12.3. The Hall–Kier alpha value is -2.38. The summed E-state index contributed by atoms with van der Waals surface area (Å²) in [4.78, 5) is 49.3. The molecule has 8 nitrogen and oxygen atoms in total. The molecule has 4 saturated carbocycles. The van der Waals surface area contributed by atoms with Gasteiger partial charge in [0.1, 0.15) is 13.1 Å². The van der Waals surface area contributed by atoms with E-state index < -0.39 is 25.0 Å². The highest BCUT2D eigenvalue weighted by atomic mass is 16.4. The minimum atomic E-state index is -1.19. The number of carbonyl (C=O) groups excluding carboxylic acids is 2. The van der Waals surface area contributed by atoms with Gasteiger partial charge in [0.2, 0.25) is 11.8 Å². The second-order valence-electron chi connectivity index (χ2n) is 18.8. The molecule has 0 saturated heterocycles. The number of nitrogens with zero attached hydrogens (tertiary/aromatic N) is 1. The summed E-state index contributed by atoms with van der Waals surface area (Å²) in [5.41, 5.74) is 0.604. The smallest absolute Gasteiger partial charge is 0.323 e. The van der Waals surface area contributed by atoms with Gasteiger partial charge in [0.25, 0.3) is 0 Å². The van der Waals surface area contributed by atoms with E-state index in [1.54, 1.807) is 0 Å². The van der Waals surface area contributed by atoms with Crippen LogP contribution in [-0.2, 0) is 19.2 Å². The SMILES string of the molecule is CCCCCCCC/C=C\CCCCCCCC(=O)N[C@H]1CC[C@@]2(C)C(CCC3C2CC[C@@]2(C)C3CC[C@@H]2[C@H](C)CCC(=O)N(CC(=O)O)CC(=O)O)C1. The topological polar surface area (TPSA) is 124 Å². The molecule has 0 aromatic rings. The van der Waals surface area contributed by atoms with Crippen LogP contribution in [0.4, 0.5) is 0 Å². The van der Waals surface area contributed by atoms with Gasteiger partial charge in [-0.2, -0.15) is 0 Å². The number of allylic oxidation sites excluding steroid dienone is 2. The number of carbonyl (C=O) groups is 4. The normalized spacial score (nSPS) is 31.0. The molecule has 2 amide bonds. The van der Waals surface area contributed by atoms with Crippen LogP contribution in [0.2, 0.25) is 0 Å². The molecule has 0 spiro atoms. The first-order valence-corrected chi connectivity index (χ1v) is 22.5. The van der Waals surface area contributed by atoms with E-state index in [9.17, 15) is 29.4 Å². The maximum absolute atomic E-state index is 13.0. The minimum Gasteiger partial charge on any atom is -0.480 e. The lowest BCUT2D eigenvalue weighted by molar-refractivity contribution is -0.149. The number of carboxylic acids is 2. The standard InChI is InChI=1S/C46H78N2O6/c1-5-6-7-8-9-10-11-12-13-14-15-16-17-18-19-20-41(49)47-36-27-29-45(3)35(31-36)22-23-37-39-25-24-38(46(39,4)30-28-40(37)45)34(2)21-26-42(50)48(32-43(51)52)33-44(53)54/h12-13,34-40H,5-11,14-33H2,1-4H3,(H,47,49)(H,51,52)(H,53,54)/b13-12-/t34-,35?,36+,37?,38-,39?,40?,45+,46-/m1/s1. The Kier molecular flexibility index (Phi) is 17.9. The predicted octanol–water partition coefficient (Wildman–Crippen LogP) is 10.6. The van der Waals surface area contributed by atoms with Crippen molar-refractivity contribution in [1.29, 1.82) is 0 Å². The fraction of sp³-hybridized carbons (Fsp3) is 0.870. The Morgan fingerprint density at radius 2 is 1.31 bits per heavy atom. The zero-order valence-electron chi connectivity index (χ0n) is 34.8. The van der Waals surface area contributed by atoms with Gasteiger partial charge in [0.15, 0.2) is 0 Å². The van der Waals surface area contributed by atoms with Crippen molar-refractivity contribution >= 4 is 23.8 Å². The van der Waals surface area contributed by atoms with E-state index >= 15 is 0 Å². The Morgan fingerprint density at radius 3 is 1.96 bits per heavy atom. The summed E-state index contributed by atoms with van der Waals surface area (Å²) in [6.07, 6.45) is 33.7. The Morgan fingerprint density at radius 1 is 0.722 bits per heavy atom. The molecule has 0 aliphatic heterocycles. The van der Waals surface area contributed by atoms with Crippen LogP contribution >= 0.6 is 0 Å². The van der Waals surface area contributed by atoms with Crippen molar-refractivity contribution in [3.63, 3.8) is 0 Å². The molecule has 0 radical (unpaired) electrons. The number of fused-ring (bicyclic) bond motifs is 5. The number of hydrogen-bond donors (Lipinski definition) is 3. The molecule has 9 atom stereocenters.